The molecule has 0 aliphatic rings. The Bertz CT molecular complexity index is 377. The molecule has 1 aromatic carbocycles. The Hall–Kier alpha value is -1.35. The number of hydrogen-bond acceptors (Lipinski definition) is 2. The smallest absolute Gasteiger partial charge is 0.150 e. The number of allylic oxidation sites excluding steroid dienone is 1. The lowest BCUT2D eigenvalue weighted by Gasteiger charge is -2.18. The molecule has 0 aromatic heterocycles. The van der Waals surface area contributed by atoms with Crippen molar-refractivity contribution in [2.24, 2.45) is 5.10 Å². The van der Waals surface area contributed by atoms with E-state index in [0.717, 1.165) is 0 Å². The van der Waals surface area contributed by atoms with E-state index in [0.29, 0.717) is 10.7 Å². The number of benzene rings is 1. The summed E-state index contributed by atoms with van der Waals surface area (Å²) in [6.45, 7) is 12.7. The molecule has 0 fully saturated rings. The molecule has 0 saturated heterocycles. The lowest BCUT2D eigenvalue weighted by atomic mass is 10.3. The number of rotatable bonds is 3. The maximum Gasteiger partial charge on any atom is 0.150 e. The van der Waals surface area contributed by atoms with Gasteiger partial charge in [-0.05, 0) is 25.1 Å². The minimum atomic E-state index is -0.451. The molecule has 4 heteroatoms. The number of nitrogens with zero attached hydrogens (tertiary/aromatic N) is 2. The third-order valence-corrected chi connectivity index (χ3v) is 1.88. The first-order chi connectivity index (χ1) is 7.56. The molecular formula is C12H16ClFN2. The minimum Gasteiger partial charge on any atom is -0.236 e. The van der Waals surface area contributed by atoms with Crippen molar-refractivity contribution < 1.29 is 4.39 Å². The van der Waals surface area contributed by atoms with Gasteiger partial charge >= 0.3 is 0 Å². The summed E-state index contributed by atoms with van der Waals surface area (Å²) in [5, 5.41) is 5.30. The summed E-state index contributed by atoms with van der Waals surface area (Å²) >= 11 is 5.62. The zero-order valence-corrected chi connectivity index (χ0v) is 10.6. The summed E-state index contributed by atoms with van der Waals surface area (Å²) in [4.78, 5) is 0. The predicted octanol–water partition coefficient (Wildman–Crippen LogP) is 4.46. The van der Waals surface area contributed by atoms with E-state index in [4.69, 9.17) is 11.6 Å². The molecule has 0 spiro atoms. The van der Waals surface area contributed by atoms with Crippen LogP contribution in [0.5, 0.6) is 0 Å². The number of hydrazone groups is 1. The monoisotopic (exact) mass is 242 g/mol. The van der Waals surface area contributed by atoms with Crippen molar-refractivity contribution >= 4 is 24.0 Å². The van der Waals surface area contributed by atoms with Gasteiger partial charge in [-0.2, -0.15) is 5.10 Å². The number of halogens is 2. The average molecular weight is 243 g/mol. The molecule has 0 radical (unpaired) electrons. The molecule has 0 bridgehead atoms. The summed E-state index contributed by atoms with van der Waals surface area (Å²) in [7, 11) is 0. The predicted molar refractivity (Wildman–Crippen MR) is 69.6 cm³/mol. The average Bonchev–Trinajstić information content (AvgIpc) is 2.24. The number of anilines is 1. The fraction of sp³-hybridized carbons (Fsp3) is 0.250. The Morgan fingerprint density at radius 3 is 2.38 bits per heavy atom. The molecule has 88 valence electrons. The third kappa shape index (κ3) is 3.66. The van der Waals surface area contributed by atoms with E-state index in [9.17, 15) is 4.39 Å². The van der Waals surface area contributed by atoms with Gasteiger partial charge in [0.05, 0.1) is 0 Å². The zero-order valence-electron chi connectivity index (χ0n) is 9.80. The van der Waals surface area contributed by atoms with Crippen molar-refractivity contribution in [2.45, 2.75) is 20.8 Å². The van der Waals surface area contributed by atoms with Crippen LogP contribution in [0.2, 0.25) is 5.02 Å². The maximum absolute atomic E-state index is 13.4. The van der Waals surface area contributed by atoms with Crippen molar-refractivity contribution in [3.8, 4) is 0 Å². The summed E-state index contributed by atoms with van der Waals surface area (Å²) in [6, 6.07) is 4.33. The van der Waals surface area contributed by atoms with Crippen LogP contribution >= 0.6 is 11.6 Å². The highest BCUT2D eigenvalue weighted by Crippen LogP contribution is 2.25. The van der Waals surface area contributed by atoms with E-state index >= 15 is 0 Å². The Balaban J connectivity index is 0.00000106. The van der Waals surface area contributed by atoms with Crippen LogP contribution in [-0.4, -0.2) is 6.72 Å². The molecule has 0 atom stereocenters. The van der Waals surface area contributed by atoms with Crippen LogP contribution in [-0.2, 0) is 0 Å². The van der Waals surface area contributed by atoms with Crippen LogP contribution in [0.4, 0.5) is 10.1 Å². The van der Waals surface area contributed by atoms with E-state index in [-0.39, 0.29) is 5.69 Å². The first-order valence-electron chi connectivity index (χ1n) is 4.93. The largest absolute Gasteiger partial charge is 0.236 e. The Labute approximate surface area is 101 Å². The van der Waals surface area contributed by atoms with Crippen molar-refractivity contribution in [1.82, 2.24) is 0 Å². The van der Waals surface area contributed by atoms with Gasteiger partial charge in [-0.25, -0.2) is 9.40 Å². The highest BCUT2D eigenvalue weighted by Gasteiger charge is 2.10. The normalized spacial score (nSPS) is 8.81. The highest BCUT2D eigenvalue weighted by molar-refractivity contribution is 6.30. The molecule has 1 aromatic rings. The van der Waals surface area contributed by atoms with Crippen molar-refractivity contribution in [3.05, 3.63) is 41.3 Å². The van der Waals surface area contributed by atoms with Crippen LogP contribution in [0.25, 0.3) is 0 Å². The summed E-state index contributed by atoms with van der Waals surface area (Å²) in [5.41, 5.74) is 0.873. The van der Waals surface area contributed by atoms with Crippen molar-refractivity contribution in [2.75, 3.05) is 5.01 Å². The molecule has 16 heavy (non-hydrogen) atoms. The second-order valence-electron chi connectivity index (χ2n) is 2.78. The van der Waals surface area contributed by atoms with Gasteiger partial charge in [0, 0.05) is 17.4 Å². The second-order valence-corrected chi connectivity index (χ2v) is 3.22. The summed E-state index contributed by atoms with van der Waals surface area (Å²) < 4.78 is 13.4. The van der Waals surface area contributed by atoms with Gasteiger partial charge < -0.3 is 0 Å². The molecule has 0 amide bonds. The molecular weight excluding hydrogens is 227 g/mol. The van der Waals surface area contributed by atoms with Crippen molar-refractivity contribution in [1.29, 1.82) is 0 Å². The van der Waals surface area contributed by atoms with Gasteiger partial charge in [-0.3, -0.25) is 0 Å². The van der Waals surface area contributed by atoms with E-state index in [1.54, 1.807) is 13.0 Å². The molecule has 1 rings (SSSR count). The standard InChI is InChI=1S/C10H10ClFN2.C2H6/c1-7(2)14(13-3)10-5-4-8(11)6-9(10)12;1-2/h4-6H,1,3H2,2H3;1-2H3. The second kappa shape index (κ2) is 7.01. The highest BCUT2D eigenvalue weighted by atomic mass is 35.5. The number of hydrogen-bond donors (Lipinski definition) is 0. The van der Waals surface area contributed by atoms with E-state index in [1.165, 1.54) is 17.1 Å². The Morgan fingerprint density at radius 1 is 1.44 bits per heavy atom. The van der Waals surface area contributed by atoms with Crippen LogP contribution in [0.3, 0.4) is 0 Å². The van der Waals surface area contributed by atoms with Crippen LogP contribution < -0.4 is 5.01 Å². The van der Waals surface area contributed by atoms with E-state index in [1.807, 2.05) is 13.8 Å². The third-order valence-electron chi connectivity index (χ3n) is 1.64. The molecule has 0 saturated carbocycles. The van der Waals surface area contributed by atoms with Gasteiger partial charge in [0.2, 0.25) is 0 Å². The lowest BCUT2D eigenvalue weighted by Crippen LogP contribution is -2.13. The van der Waals surface area contributed by atoms with Crippen LogP contribution in [0.1, 0.15) is 20.8 Å². The fourth-order valence-corrected chi connectivity index (χ4v) is 1.21. The lowest BCUT2D eigenvalue weighted by molar-refractivity contribution is 0.624. The molecule has 0 aliphatic heterocycles. The molecule has 0 N–H and O–H groups in total. The minimum absolute atomic E-state index is 0.289. The first-order valence-corrected chi connectivity index (χ1v) is 5.31. The van der Waals surface area contributed by atoms with Crippen LogP contribution in [0.15, 0.2) is 35.6 Å². The van der Waals surface area contributed by atoms with Gasteiger partial charge in [-0.15, -0.1) is 0 Å². The van der Waals surface area contributed by atoms with Crippen LogP contribution in [0, 0.1) is 5.82 Å². The topological polar surface area (TPSA) is 15.6 Å². The van der Waals surface area contributed by atoms with Gasteiger partial charge in [0.1, 0.15) is 11.5 Å². The molecule has 0 unspecified atom stereocenters. The van der Waals surface area contributed by atoms with E-state index < -0.39 is 5.82 Å². The quantitative estimate of drug-likeness (QED) is 0.564. The zero-order chi connectivity index (χ0) is 12.7. The summed E-state index contributed by atoms with van der Waals surface area (Å²) in [6.07, 6.45) is 0. The molecule has 2 nitrogen and oxygen atoms in total. The van der Waals surface area contributed by atoms with Crippen molar-refractivity contribution in [3.63, 3.8) is 0 Å². The Morgan fingerprint density at radius 2 is 2.00 bits per heavy atom. The molecule has 0 aliphatic carbocycles. The SMILES string of the molecule is C=NN(C(=C)C)c1ccc(Cl)cc1F.CC. The fourth-order valence-electron chi connectivity index (χ4n) is 1.06. The van der Waals surface area contributed by atoms with Gasteiger partial charge in [0.25, 0.3) is 0 Å². The maximum atomic E-state index is 13.4. The Kier molecular flexibility index (Phi) is 6.42. The van der Waals surface area contributed by atoms with E-state index in [2.05, 4.69) is 18.4 Å². The van der Waals surface area contributed by atoms with Gasteiger partial charge in [-0.1, -0.05) is 32.0 Å². The first kappa shape index (κ1) is 14.6. The molecule has 0 heterocycles. The summed E-state index contributed by atoms with van der Waals surface area (Å²) in [5.74, 6) is -0.451. The van der Waals surface area contributed by atoms with Gasteiger partial charge in [0.15, 0.2) is 0 Å².